The van der Waals surface area contributed by atoms with Gasteiger partial charge in [-0.2, -0.15) is 0 Å². The molecule has 4 nitrogen and oxygen atoms in total. The van der Waals surface area contributed by atoms with Crippen molar-refractivity contribution in [3.63, 3.8) is 0 Å². The molecule has 1 heterocycles. The minimum atomic E-state index is -0.259. The fourth-order valence-electron chi connectivity index (χ4n) is 2.08. The van der Waals surface area contributed by atoms with E-state index in [1.165, 1.54) is 0 Å². The largest absolute Gasteiger partial charge is 0.419 e. The summed E-state index contributed by atoms with van der Waals surface area (Å²) in [5.41, 5.74) is 1.70. The molecule has 0 saturated heterocycles. The van der Waals surface area contributed by atoms with Crippen molar-refractivity contribution in [2.75, 3.05) is 6.54 Å². The topological polar surface area (TPSA) is 47.2 Å². The summed E-state index contributed by atoms with van der Waals surface area (Å²) < 4.78 is 6.92. The van der Waals surface area contributed by atoms with Crippen LogP contribution < -0.4 is 11.1 Å². The molecular weight excluding hydrogens is 240 g/mol. The first-order valence-corrected chi connectivity index (χ1v) is 6.81. The highest BCUT2D eigenvalue weighted by Gasteiger charge is 2.09. The van der Waals surface area contributed by atoms with Gasteiger partial charge in [0.2, 0.25) is 0 Å². The van der Waals surface area contributed by atoms with E-state index in [2.05, 4.69) is 26.1 Å². The normalized spacial score (nSPS) is 12.2. The molecular formula is C15H22N2O2. The van der Waals surface area contributed by atoms with Crippen LogP contribution >= 0.6 is 0 Å². The summed E-state index contributed by atoms with van der Waals surface area (Å²) in [6.45, 7) is 8.14. The molecule has 1 aromatic heterocycles. The molecule has 0 radical (unpaired) electrons. The smallest absolute Gasteiger partial charge is 0.408 e. The van der Waals surface area contributed by atoms with Crippen molar-refractivity contribution < 1.29 is 4.42 Å². The van der Waals surface area contributed by atoms with E-state index in [0.717, 1.165) is 24.9 Å². The Bertz CT molecular complexity index is 590. The van der Waals surface area contributed by atoms with E-state index in [1.807, 2.05) is 24.3 Å². The number of nitrogens with one attached hydrogen (secondary N) is 1. The highest BCUT2D eigenvalue weighted by Crippen LogP contribution is 2.12. The lowest BCUT2D eigenvalue weighted by Gasteiger charge is -2.20. The van der Waals surface area contributed by atoms with Crippen molar-refractivity contribution in [3.8, 4) is 0 Å². The Morgan fingerprint density at radius 3 is 2.68 bits per heavy atom. The average molecular weight is 262 g/mol. The number of unbranched alkanes of at least 4 members (excludes halogenated alkanes) is 1. The molecule has 1 N–H and O–H groups in total. The van der Waals surface area contributed by atoms with Gasteiger partial charge in [0, 0.05) is 12.1 Å². The number of rotatable bonds is 5. The number of nitrogens with zero attached hydrogens (tertiary/aromatic N) is 1. The number of aryl methyl sites for hydroxylation is 1. The molecule has 4 heteroatoms. The summed E-state index contributed by atoms with van der Waals surface area (Å²) in [6.07, 6.45) is 2.01. The van der Waals surface area contributed by atoms with Gasteiger partial charge in [-0.1, -0.05) is 12.1 Å². The Kier molecular flexibility index (Phi) is 4.10. The number of oxazole rings is 1. The zero-order chi connectivity index (χ0) is 13.9. The number of benzene rings is 1. The highest BCUT2D eigenvalue weighted by molar-refractivity contribution is 5.72. The second-order valence-electron chi connectivity index (χ2n) is 5.87. The fraction of sp³-hybridized carbons (Fsp3) is 0.533. The Balaban J connectivity index is 1.92. The van der Waals surface area contributed by atoms with Gasteiger partial charge in [-0.25, -0.2) is 4.79 Å². The third-order valence-corrected chi connectivity index (χ3v) is 3.04. The van der Waals surface area contributed by atoms with Gasteiger partial charge in [-0.15, -0.1) is 0 Å². The molecule has 0 unspecified atom stereocenters. The molecule has 0 atom stereocenters. The molecule has 0 aliphatic rings. The molecule has 19 heavy (non-hydrogen) atoms. The number of fused-ring (bicyclic) bond motifs is 1. The van der Waals surface area contributed by atoms with Crippen LogP contribution in [0.4, 0.5) is 0 Å². The first kappa shape index (κ1) is 13.9. The predicted molar refractivity (Wildman–Crippen MR) is 77.5 cm³/mol. The van der Waals surface area contributed by atoms with Crippen LogP contribution in [0.1, 0.15) is 33.6 Å². The Labute approximate surface area is 113 Å². The molecule has 0 spiro atoms. The van der Waals surface area contributed by atoms with E-state index in [0.29, 0.717) is 12.1 Å². The predicted octanol–water partition coefficient (Wildman–Crippen LogP) is 2.76. The second-order valence-corrected chi connectivity index (χ2v) is 5.87. The summed E-state index contributed by atoms with van der Waals surface area (Å²) in [5.74, 6) is -0.259. The molecule has 0 aliphatic carbocycles. The Morgan fingerprint density at radius 2 is 1.95 bits per heavy atom. The standard InChI is InChI=1S/C15H22N2O2/c1-15(2,3)16-10-6-7-11-17-12-8-4-5-9-13(12)19-14(17)18/h4-5,8-9,16H,6-7,10-11H2,1-3H3. The summed E-state index contributed by atoms with van der Waals surface area (Å²) in [4.78, 5) is 11.7. The third-order valence-electron chi connectivity index (χ3n) is 3.04. The van der Waals surface area contributed by atoms with E-state index < -0.39 is 0 Å². The minimum Gasteiger partial charge on any atom is -0.408 e. The molecule has 0 fully saturated rings. The molecule has 2 aromatic rings. The van der Waals surface area contributed by atoms with Crippen LogP contribution in [0.5, 0.6) is 0 Å². The highest BCUT2D eigenvalue weighted by atomic mass is 16.4. The van der Waals surface area contributed by atoms with Gasteiger partial charge in [0.1, 0.15) is 0 Å². The summed E-state index contributed by atoms with van der Waals surface area (Å²) in [7, 11) is 0. The molecule has 1 aromatic carbocycles. The van der Waals surface area contributed by atoms with Crippen molar-refractivity contribution >= 4 is 11.1 Å². The van der Waals surface area contributed by atoms with E-state index in [9.17, 15) is 4.79 Å². The van der Waals surface area contributed by atoms with E-state index in [-0.39, 0.29) is 11.3 Å². The lowest BCUT2D eigenvalue weighted by molar-refractivity contribution is 0.411. The van der Waals surface area contributed by atoms with Crippen molar-refractivity contribution in [1.29, 1.82) is 0 Å². The molecule has 104 valence electrons. The van der Waals surface area contributed by atoms with Crippen molar-refractivity contribution in [3.05, 3.63) is 34.8 Å². The lowest BCUT2D eigenvalue weighted by atomic mass is 10.1. The van der Waals surface area contributed by atoms with E-state index in [4.69, 9.17) is 4.42 Å². The van der Waals surface area contributed by atoms with Gasteiger partial charge >= 0.3 is 5.76 Å². The number of hydrogen-bond acceptors (Lipinski definition) is 3. The average Bonchev–Trinajstić information content (AvgIpc) is 2.64. The van der Waals surface area contributed by atoms with Crippen LogP contribution in [0.25, 0.3) is 11.1 Å². The Hall–Kier alpha value is -1.55. The molecule has 2 rings (SSSR count). The molecule has 0 aliphatic heterocycles. The van der Waals surface area contributed by atoms with Crippen LogP contribution in [0.2, 0.25) is 0 Å². The first-order chi connectivity index (χ1) is 8.97. The summed E-state index contributed by atoms with van der Waals surface area (Å²) in [5, 5.41) is 3.44. The van der Waals surface area contributed by atoms with Gasteiger partial charge in [0.05, 0.1) is 5.52 Å². The summed E-state index contributed by atoms with van der Waals surface area (Å²) in [6, 6.07) is 7.56. The van der Waals surface area contributed by atoms with Gasteiger partial charge < -0.3 is 9.73 Å². The third kappa shape index (κ3) is 3.70. The second kappa shape index (κ2) is 5.61. The van der Waals surface area contributed by atoms with Gasteiger partial charge in [0.15, 0.2) is 5.58 Å². The van der Waals surface area contributed by atoms with E-state index in [1.54, 1.807) is 4.57 Å². The van der Waals surface area contributed by atoms with Gasteiger partial charge in [-0.05, 0) is 52.3 Å². The van der Waals surface area contributed by atoms with Crippen LogP contribution in [0.3, 0.4) is 0 Å². The number of hydrogen-bond donors (Lipinski definition) is 1. The Morgan fingerprint density at radius 1 is 1.21 bits per heavy atom. The monoisotopic (exact) mass is 262 g/mol. The minimum absolute atomic E-state index is 0.152. The van der Waals surface area contributed by atoms with Crippen LogP contribution in [-0.4, -0.2) is 16.7 Å². The fourth-order valence-corrected chi connectivity index (χ4v) is 2.08. The van der Waals surface area contributed by atoms with Crippen LogP contribution in [-0.2, 0) is 6.54 Å². The molecule has 0 bridgehead atoms. The van der Waals surface area contributed by atoms with Crippen LogP contribution in [0.15, 0.2) is 33.5 Å². The van der Waals surface area contributed by atoms with Crippen molar-refractivity contribution in [2.45, 2.75) is 45.7 Å². The molecule has 0 amide bonds. The number of aromatic nitrogens is 1. The first-order valence-electron chi connectivity index (χ1n) is 6.81. The maximum Gasteiger partial charge on any atom is 0.419 e. The van der Waals surface area contributed by atoms with E-state index >= 15 is 0 Å². The molecule has 0 saturated carbocycles. The SMILES string of the molecule is CC(C)(C)NCCCCn1c(=O)oc2ccccc21. The maximum atomic E-state index is 11.7. The zero-order valence-electron chi connectivity index (χ0n) is 11.9. The number of para-hydroxylation sites is 2. The maximum absolute atomic E-state index is 11.7. The van der Waals surface area contributed by atoms with Gasteiger partial charge in [-0.3, -0.25) is 4.57 Å². The van der Waals surface area contributed by atoms with Gasteiger partial charge in [0.25, 0.3) is 0 Å². The lowest BCUT2D eigenvalue weighted by Crippen LogP contribution is -2.36. The van der Waals surface area contributed by atoms with Crippen molar-refractivity contribution in [2.24, 2.45) is 0 Å². The van der Waals surface area contributed by atoms with Crippen LogP contribution in [0, 0.1) is 0 Å². The quantitative estimate of drug-likeness (QED) is 0.843. The zero-order valence-corrected chi connectivity index (χ0v) is 11.9. The van der Waals surface area contributed by atoms with Crippen molar-refractivity contribution in [1.82, 2.24) is 9.88 Å². The summed E-state index contributed by atoms with van der Waals surface area (Å²) >= 11 is 0.